The number of carbonyl (C=O) groups is 1. The van der Waals surface area contributed by atoms with Crippen LogP contribution in [0.5, 0.6) is 5.75 Å². The molecule has 1 saturated carbocycles. The first-order valence-electron chi connectivity index (χ1n) is 6.61. The molecule has 1 N–H and O–H groups in total. The molecule has 0 heterocycles. The summed E-state index contributed by atoms with van der Waals surface area (Å²) in [5, 5.41) is 10.2. The number of ketones is 1. The molecule has 0 atom stereocenters. The quantitative estimate of drug-likeness (QED) is 0.815. The normalized spacial score (nSPS) is 17.7. The predicted molar refractivity (Wildman–Crippen MR) is 70.0 cm³/mol. The maximum Gasteiger partial charge on any atom is 0.162 e. The molecular weight excluding hydrogens is 228 g/mol. The minimum absolute atomic E-state index is 0.135. The largest absolute Gasteiger partial charge is 0.491 e. The lowest BCUT2D eigenvalue weighted by Gasteiger charge is -2.22. The van der Waals surface area contributed by atoms with Gasteiger partial charge in [-0.1, -0.05) is 19.8 Å². The smallest absolute Gasteiger partial charge is 0.162 e. The second-order valence-electron chi connectivity index (χ2n) is 5.02. The average Bonchev–Trinajstić information content (AvgIpc) is 2.83. The van der Waals surface area contributed by atoms with Crippen LogP contribution in [0.2, 0.25) is 0 Å². The van der Waals surface area contributed by atoms with Gasteiger partial charge in [0.15, 0.2) is 5.78 Å². The third-order valence-corrected chi connectivity index (χ3v) is 3.54. The van der Waals surface area contributed by atoms with Crippen LogP contribution in [0.4, 0.5) is 0 Å². The summed E-state index contributed by atoms with van der Waals surface area (Å²) in [4.78, 5) is 11.5. The summed E-state index contributed by atoms with van der Waals surface area (Å²) in [6, 6.07) is 7.14. The number of ether oxygens (including phenoxy) is 1. The zero-order valence-corrected chi connectivity index (χ0v) is 10.8. The highest BCUT2D eigenvalue weighted by atomic mass is 16.5. The van der Waals surface area contributed by atoms with Crippen LogP contribution in [-0.4, -0.2) is 23.1 Å². The number of aliphatic hydroxyl groups is 1. The van der Waals surface area contributed by atoms with Crippen LogP contribution in [0.1, 0.15) is 49.4 Å². The molecule has 98 valence electrons. The Morgan fingerprint density at radius 1 is 1.28 bits per heavy atom. The Labute approximate surface area is 108 Å². The molecule has 1 fully saturated rings. The molecular formula is C15H20O3. The van der Waals surface area contributed by atoms with Gasteiger partial charge in [-0.3, -0.25) is 4.79 Å². The highest BCUT2D eigenvalue weighted by Crippen LogP contribution is 2.30. The highest BCUT2D eigenvalue weighted by Gasteiger charge is 2.31. The van der Waals surface area contributed by atoms with Crippen molar-refractivity contribution in [3.8, 4) is 5.75 Å². The number of carbonyl (C=O) groups excluding carboxylic acids is 1. The van der Waals surface area contributed by atoms with Gasteiger partial charge in [0.1, 0.15) is 12.4 Å². The average molecular weight is 248 g/mol. The van der Waals surface area contributed by atoms with E-state index in [0.717, 1.165) is 25.7 Å². The van der Waals surface area contributed by atoms with Crippen molar-refractivity contribution >= 4 is 5.78 Å². The predicted octanol–water partition coefficient (Wildman–Crippen LogP) is 2.96. The molecule has 0 saturated heterocycles. The lowest BCUT2D eigenvalue weighted by Crippen LogP contribution is -2.32. The van der Waals surface area contributed by atoms with Crippen LogP contribution in [0.3, 0.4) is 0 Å². The Bertz CT molecular complexity index is 402. The first-order valence-corrected chi connectivity index (χ1v) is 6.61. The summed E-state index contributed by atoms with van der Waals surface area (Å²) in [5.74, 6) is 0.846. The van der Waals surface area contributed by atoms with Crippen molar-refractivity contribution in [3.63, 3.8) is 0 Å². The summed E-state index contributed by atoms with van der Waals surface area (Å²) >= 11 is 0. The fourth-order valence-electron chi connectivity index (χ4n) is 2.34. The molecule has 1 aliphatic rings. The molecule has 0 aliphatic heterocycles. The van der Waals surface area contributed by atoms with Crippen molar-refractivity contribution in [2.75, 3.05) is 6.61 Å². The van der Waals surface area contributed by atoms with E-state index in [1.807, 2.05) is 6.92 Å². The van der Waals surface area contributed by atoms with Crippen LogP contribution in [-0.2, 0) is 0 Å². The Morgan fingerprint density at radius 2 is 1.89 bits per heavy atom. The topological polar surface area (TPSA) is 46.5 Å². The van der Waals surface area contributed by atoms with E-state index < -0.39 is 5.60 Å². The van der Waals surface area contributed by atoms with Crippen LogP contribution in [0.15, 0.2) is 24.3 Å². The number of rotatable bonds is 5. The minimum Gasteiger partial charge on any atom is -0.491 e. The molecule has 0 bridgehead atoms. The van der Waals surface area contributed by atoms with E-state index in [1.54, 1.807) is 24.3 Å². The molecule has 3 heteroatoms. The van der Waals surface area contributed by atoms with Crippen LogP contribution in [0, 0.1) is 0 Å². The summed E-state index contributed by atoms with van der Waals surface area (Å²) in [6.07, 6.45) is 4.30. The van der Waals surface area contributed by atoms with Gasteiger partial charge in [0, 0.05) is 12.0 Å². The van der Waals surface area contributed by atoms with Gasteiger partial charge in [0.25, 0.3) is 0 Å². The van der Waals surface area contributed by atoms with Gasteiger partial charge in [0.2, 0.25) is 0 Å². The zero-order chi connectivity index (χ0) is 13.0. The molecule has 2 rings (SSSR count). The second kappa shape index (κ2) is 5.53. The molecule has 0 radical (unpaired) electrons. The lowest BCUT2D eigenvalue weighted by molar-refractivity contribution is 0.00140. The lowest BCUT2D eigenvalue weighted by atomic mass is 10.0. The standard InChI is InChI=1S/C15H20O3/c1-2-14(16)12-5-7-13(8-6-12)18-11-15(17)9-3-4-10-15/h5-8,17H,2-4,9-11H2,1H3. The Morgan fingerprint density at radius 3 is 2.44 bits per heavy atom. The molecule has 1 aromatic carbocycles. The van der Waals surface area contributed by atoms with Gasteiger partial charge in [0.05, 0.1) is 5.60 Å². The van der Waals surface area contributed by atoms with Gasteiger partial charge < -0.3 is 9.84 Å². The SMILES string of the molecule is CCC(=O)c1ccc(OCC2(O)CCCC2)cc1. The Kier molecular flexibility index (Phi) is 4.02. The Hall–Kier alpha value is -1.35. The van der Waals surface area contributed by atoms with Crippen molar-refractivity contribution in [2.45, 2.75) is 44.6 Å². The first-order chi connectivity index (χ1) is 8.63. The van der Waals surface area contributed by atoms with Gasteiger partial charge in [-0.25, -0.2) is 0 Å². The number of benzene rings is 1. The monoisotopic (exact) mass is 248 g/mol. The minimum atomic E-state index is -0.655. The van der Waals surface area contributed by atoms with Crippen LogP contribution < -0.4 is 4.74 Å². The van der Waals surface area contributed by atoms with Crippen molar-refractivity contribution < 1.29 is 14.6 Å². The highest BCUT2D eigenvalue weighted by molar-refractivity contribution is 5.95. The fraction of sp³-hybridized carbons (Fsp3) is 0.533. The van der Waals surface area contributed by atoms with E-state index >= 15 is 0 Å². The van der Waals surface area contributed by atoms with Crippen molar-refractivity contribution in [1.29, 1.82) is 0 Å². The molecule has 0 aromatic heterocycles. The Balaban J connectivity index is 1.92. The first kappa shape index (κ1) is 13.1. The van der Waals surface area contributed by atoms with Crippen LogP contribution in [0.25, 0.3) is 0 Å². The molecule has 1 aliphatic carbocycles. The summed E-state index contributed by atoms with van der Waals surface area (Å²) in [5.41, 5.74) is 0.0576. The van der Waals surface area contributed by atoms with Gasteiger partial charge in [-0.05, 0) is 37.1 Å². The van der Waals surface area contributed by atoms with Crippen molar-refractivity contribution in [3.05, 3.63) is 29.8 Å². The molecule has 18 heavy (non-hydrogen) atoms. The van der Waals surface area contributed by atoms with E-state index in [1.165, 1.54) is 0 Å². The molecule has 3 nitrogen and oxygen atoms in total. The maximum atomic E-state index is 11.5. The third-order valence-electron chi connectivity index (χ3n) is 3.54. The summed E-state index contributed by atoms with van der Waals surface area (Å²) in [6.45, 7) is 2.19. The molecule has 0 spiro atoms. The van der Waals surface area contributed by atoms with E-state index in [4.69, 9.17) is 4.74 Å². The number of Topliss-reactive ketones (excluding diaryl/α,β-unsaturated/α-hetero) is 1. The van der Waals surface area contributed by atoms with Gasteiger partial charge in [-0.15, -0.1) is 0 Å². The maximum absolute atomic E-state index is 11.5. The second-order valence-corrected chi connectivity index (χ2v) is 5.02. The van der Waals surface area contributed by atoms with E-state index in [2.05, 4.69) is 0 Å². The third kappa shape index (κ3) is 3.10. The zero-order valence-electron chi connectivity index (χ0n) is 10.8. The van der Waals surface area contributed by atoms with Crippen molar-refractivity contribution in [1.82, 2.24) is 0 Å². The van der Waals surface area contributed by atoms with Crippen molar-refractivity contribution in [2.24, 2.45) is 0 Å². The van der Waals surface area contributed by atoms with Crippen LogP contribution >= 0.6 is 0 Å². The summed E-state index contributed by atoms with van der Waals surface area (Å²) < 4.78 is 5.60. The molecule has 0 amide bonds. The van der Waals surface area contributed by atoms with E-state index in [9.17, 15) is 9.90 Å². The summed E-state index contributed by atoms with van der Waals surface area (Å²) in [7, 11) is 0. The number of hydrogen-bond acceptors (Lipinski definition) is 3. The van der Waals surface area contributed by atoms with E-state index in [-0.39, 0.29) is 5.78 Å². The number of hydrogen-bond donors (Lipinski definition) is 1. The van der Waals surface area contributed by atoms with Gasteiger partial charge >= 0.3 is 0 Å². The van der Waals surface area contributed by atoms with Gasteiger partial charge in [-0.2, -0.15) is 0 Å². The molecule has 0 unspecified atom stereocenters. The fourth-order valence-corrected chi connectivity index (χ4v) is 2.34. The molecule has 1 aromatic rings. The van der Waals surface area contributed by atoms with E-state index in [0.29, 0.717) is 24.3 Å².